The van der Waals surface area contributed by atoms with Gasteiger partial charge in [-0.3, -0.25) is 0 Å². The third-order valence-corrected chi connectivity index (χ3v) is 8.27. The Kier molecular flexibility index (Phi) is 10.0. The number of hydrogen-bond donors (Lipinski definition) is 0. The number of benzene rings is 4. The summed E-state index contributed by atoms with van der Waals surface area (Å²) in [7, 11) is 0. The molecule has 5 rings (SSSR count). The zero-order valence-electron chi connectivity index (χ0n) is 23.5. The molecule has 0 radical (unpaired) electrons. The minimum absolute atomic E-state index is 1.15. The molecule has 0 spiro atoms. The lowest BCUT2D eigenvalue weighted by molar-refractivity contribution is 0.607. The number of thiophene rings is 1. The quantitative estimate of drug-likeness (QED) is 0.134. The van der Waals surface area contributed by atoms with Crippen LogP contribution in [0.1, 0.15) is 61.5 Å². The van der Waals surface area contributed by atoms with Crippen molar-refractivity contribution in [1.29, 1.82) is 0 Å². The largest absolute Gasteiger partial charge is 0.311 e. The van der Waals surface area contributed by atoms with Crippen LogP contribution in [0.15, 0.2) is 121 Å². The van der Waals surface area contributed by atoms with E-state index in [1.807, 2.05) is 0 Å². The lowest BCUT2D eigenvalue weighted by Gasteiger charge is -2.25. The van der Waals surface area contributed by atoms with Crippen LogP contribution in [0.2, 0.25) is 0 Å². The molecule has 1 heterocycles. The number of hydrogen-bond acceptors (Lipinski definition) is 2. The van der Waals surface area contributed by atoms with E-state index in [9.17, 15) is 0 Å². The second-order valence-electron chi connectivity index (χ2n) is 10.3. The molecule has 40 heavy (non-hydrogen) atoms. The van der Waals surface area contributed by atoms with Gasteiger partial charge in [-0.05, 0) is 89.0 Å². The Morgan fingerprint density at radius 1 is 0.575 bits per heavy atom. The Bertz CT molecular complexity index is 1410. The summed E-state index contributed by atoms with van der Waals surface area (Å²) >= 11 is 1.80. The molecule has 1 nitrogen and oxygen atoms in total. The van der Waals surface area contributed by atoms with Crippen molar-refractivity contribution in [3.8, 4) is 11.1 Å². The lowest BCUT2D eigenvalue weighted by Crippen LogP contribution is -2.09. The maximum atomic E-state index is 2.32. The fourth-order valence-electron chi connectivity index (χ4n) is 5.16. The maximum absolute atomic E-state index is 2.32. The fourth-order valence-corrected chi connectivity index (χ4v) is 5.97. The van der Waals surface area contributed by atoms with Crippen molar-refractivity contribution in [1.82, 2.24) is 0 Å². The van der Waals surface area contributed by atoms with Crippen molar-refractivity contribution in [3.63, 3.8) is 0 Å². The van der Waals surface area contributed by atoms with E-state index in [1.165, 1.54) is 72.1 Å². The number of unbranched alkanes of at least 4 members (excludes halogenated alkanes) is 5. The van der Waals surface area contributed by atoms with Gasteiger partial charge in [-0.2, -0.15) is 0 Å². The van der Waals surface area contributed by atoms with Crippen molar-refractivity contribution in [2.24, 2.45) is 0 Å². The third-order valence-electron chi connectivity index (χ3n) is 7.39. The zero-order valence-corrected chi connectivity index (χ0v) is 24.3. The van der Waals surface area contributed by atoms with E-state index < -0.39 is 0 Å². The number of rotatable bonds is 13. The van der Waals surface area contributed by atoms with Crippen LogP contribution in [0.5, 0.6) is 0 Å². The van der Waals surface area contributed by atoms with Crippen LogP contribution in [-0.2, 0) is 6.42 Å². The molecule has 0 saturated carbocycles. The van der Waals surface area contributed by atoms with Crippen LogP contribution < -0.4 is 4.90 Å². The van der Waals surface area contributed by atoms with Gasteiger partial charge < -0.3 is 4.90 Å². The summed E-state index contributed by atoms with van der Waals surface area (Å²) in [5, 5.41) is 2.19. The van der Waals surface area contributed by atoms with Gasteiger partial charge in [0.05, 0.1) is 0 Å². The summed E-state index contributed by atoms with van der Waals surface area (Å²) in [5.41, 5.74) is 8.70. The van der Waals surface area contributed by atoms with Crippen LogP contribution in [0.3, 0.4) is 0 Å². The number of anilines is 3. The zero-order chi connectivity index (χ0) is 27.4. The van der Waals surface area contributed by atoms with Crippen LogP contribution in [0.4, 0.5) is 17.1 Å². The molecule has 0 unspecified atom stereocenters. The van der Waals surface area contributed by atoms with E-state index in [1.54, 1.807) is 11.3 Å². The predicted octanol–water partition coefficient (Wildman–Crippen LogP) is 12.0. The van der Waals surface area contributed by atoms with E-state index in [4.69, 9.17) is 0 Å². The van der Waals surface area contributed by atoms with Gasteiger partial charge >= 0.3 is 0 Å². The van der Waals surface area contributed by atoms with Crippen LogP contribution in [0.25, 0.3) is 23.3 Å². The molecule has 4 aromatic carbocycles. The molecule has 0 aliphatic rings. The highest BCUT2D eigenvalue weighted by Crippen LogP contribution is 2.35. The molecule has 0 aliphatic carbocycles. The Morgan fingerprint density at radius 2 is 1.18 bits per heavy atom. The maximum Gasteiger partial charge on any atom is 0.0462 e. The minimum Gasteiger partial charge on any atom is -0.311 e. The summed E-state index contributed by atoms with van der Waals surface area (Å²) < 4.78 is 0. The highest BCUT2D eigenvalue weighted by molar-refractivity contribution is 7.11. The molecular weight excluding hydrogens is 502 g/mol. The van der Waals surface area contributed by atoms with Crippen molar-refractivity contribution in [2.75, 3.05) is 4.90 Å². The third kappa shape index (κ3) is 7.40. The monoisotopic (exact) mass is 541 g/mol. The number of aryl methyl sites for hydroxylation is 1. The van der Waals surface area contributed by atoms with Gasteiger partial charge in [0.1, 0.15) is 0 Å². The van der Waals surface area contributed by atoms with Crippen LogP contribution in [-0.4, -0.2) is 0 Å². The fraction of sp³-hybridized carbons (Fsp3) is 0.211. The van der Waals surface area contributed by atoms with Crippen molar-refractivity contribution < 1.29 is 0 Å². The Labute approximate surface area is 244 Å². The molecule has 0 bridgehead atoms. The van der Waals surface area contributed by atoms with Crippen LogP contribution >= 0.6 is 11.3 Å². The Morgan fingerprint density at radius 3 is 1.82 bits per heavy atom. The first-order valence-electron chi connectivity index (χ1n) is 14.7. The smallest absolute Gasteiger partial charge is 0.0462 e. The molecule has 0 aliphatic heterocycles. The molecule has 1 aromatic heterocycles. The summed E-state index contributed by atoms with van der Waals surface area (Å²) in [6.45, 7) is 2.28. The van der Waals surface area contributed by atoms with Gasteiger partial charge in [0.25, 0.3) is 0 Å². The van der Waals surface area contributed by atoms with E-state index >= 15 is 0 Å². The molecule has 0 amide bonds. The molecule has 0 fully saturated rings. The Hall–Kier alpha value is -3.88. The highest BCUT2D eigenvalue weighted by Gasteiger charge is 2.11. The van der Waals surface area contributed by atoms with Crippen molar-refractivity contribution in [3.05, 3.63) is 137 Å². The first-order valence-corrected chi connectivity index (χ1v) is 15.5. The van der Waals surface area contributed by atoms with E-state index in [-0.39, 0.29) is 0 Å². The summed E-state index contributed by atoms with van der Waals surface area (Å²) in [5.74, 6) is 0. The first kappa shape index (κ1) is 27.7. The minimum atomic E-state index is 1.15. The second-order valence-corrected chi connectivity index (χ2v) is 11.3. The molecule has 5 aromatic rings. The highest BCUT2D eigenvalue weighted by atomic mass is 32.1. The first-order chi connectivity index (χ1) is 19.8. The molecule has 0 N–H and O–H groups in total. The summed E-state index contributed by atoms with van der Waals surface area (Å²) in [4.78, 5) is 3.59. The standard InChI is InChI=1S/C38H39NS/c1-2-3-4-5-6-9-14-31-19-24-33(25-20-31)37-29-30-40-38(37)28-23-32-21-26-36(27-22-32)39(34-15-10-7-11-16-34)35-17-12-8-13-18-35/h7-8,10-13,15-30H,2-6,9,14H2,1H3. The van der Waals surface area contributed by atoms with Crippen molar-refractivity contribution >= 4 is 40.6 Å². The normalized spacial score (nSPS) is 11.2. The van der Waals surface area contributed by atoms with Crippen molar-refractivity contribution in [2.45, 2.75) is 51.9 Å². The lowest BCUT2D eigenvalue weighted by atomic mass is 10.0. The SMILES string of the molecule is CCCCCCCCc1ccc(-c2ccsc2C=Cc2ccc(N(c3ccccc3)c3ccccc3)cc2)cc1. The van der Waals surface area contributed by atoms with Gasteiger partial charge in [-0.25, -0.2) is 0 Å². The number of nitrogens with zero attached hydrogens (tertiary/aromatic N) is 1. The summed E-state index contributed by atoms with van der Waals surface area (Å²) in [6.07, 6.45) is 13.7. The topological polar surface area (TPSA) is 3.24 Å². The molecule has 2 heteroatoms. The average molecular weight is 542 g/mol. The average Bonchev–Trinajstić information content (AvgIpc) is 3.49. The molecule has 0 saturated heterocycles. The van der Waals surface area contributed by atoms with E-state index in [0.29, 0.717) is 0 Å². The molecule has 202 valence electrons. The van der Waals surface area contributed by atoms with Gasteiger partial charge in [-0.15, -0.1) is 11.3 Å². The Balaban J connectivity index is 1.25. The van der Waals surface area contributed by atoms with Crippen LogP contribution in [0, 0.1) is 0 Å². The summed E-state index contributed by atoms with van der Waals surface area (Å²) in [6, 6.07) is 41.4. The predicted molar refractivity (Wildman–Crippen MR) is 177 cm³/mol. The second kappa shape index (κ2) is 14.5. The number of para-hydroxylation sites is 2. The van der Waals surface area contributed by atoms with E-state index in [0.717, 1.165) is 17.1 Å². The van der Waals surface area contributed by atoms with Gasteiger partial charge in [0, 0.05) is 21.9 Å². The van der Waals surface area contributed by atoms with Gasteiger partial charge in [0.15, 0.2) is 0 Å². The molecular formula is C38H39NS. The molecule has 0 atom stereocenters. The van der Waals surface area contributed by atoms with Gasteiger partial charge in [-0.1, -0.05) is 118 Å². The van der Waals surface area contributed by atoms with Gasteiger partial charge in [0.2, 0.25) is 0 Å². The van der Waals surface area contributed by atoms with E-state index in [2.05, 4.69) is 145 Å².